The zero-order valence-corrected chi connectivity index (χ0v) is 27.5. The van der Waals surface area contributed by atoms with Gasteiger partial charge in [0.2, 0.25) is 0 Å². The number of fused-ring (bicyclic) bond motifs is 2. The number of quaternary nitrogens is 1. The predicted molar refractivity (Wildman–Crippen MR) is 189 cm³/mol. The van der Waals surface area contributed by atoms with Gasteiger partial charge in [0, 0.05) is 52.4 Å². The Morgan fingerprint density at radius 3 is 2.02 bits per heavy atom. The summed E-state index contributed by atoms with van der Waals surface area (Å²) >= 11 is 0. The van der Waals surface area contributed by atoms with Crippen molar-refractivity contribution >= 4 is 28.6 Å². The molecule has 0 bridgehead atoms. The van der Waals surface area contributed by atoms with Crippen molar-refractivity contribution in [1.82, 2.24) is 0 Å². The summed E-state index contributed by atoms with van der Waals surface area (Å²) < 4.78 is 17.5. The topological polar surface area (TPSA) is 82.5 Å². The quantitative estimate of drug-likeness (QED) is 0.0790. The molecule has 1 aliphatic carbocycles. The fourth-order valence-electron chi connectivity index (χ4n) is 5.92. The third kappa shape index (κ3) is 6.41. The molecule has 0 fully saturated rings. The number of benzene rings is 5. The van der Waals surface area contributed by atoms with Crippen LogP contribution in [-0.4, -0.2) is 46.3 Å². The van der Waals surface area contributed by atoms with Crippen molar-refractivity contribution in [2.24, 2.45) is 4.99 Å². The average molecular weight is 638 g/mol. The number of nitrogens with one attached hydrogen (secondary N) is 1. The third-order valence-corrected chi connectivity index (χ3v) is 8.24. The van der Waals surface area contributed by atoms with E-state index in [1.54, 1.807) is 20.0 Å². The van der Waals surface area contributed by atoms with E-state index in [2.05, 4.69) is 68.1 Å². The van der Waals surface area contributed by atoms with Gasteiger partial charge in [-0.3, -0.25) is 4.99 Å². The minimum atomic E-state index is -0.530. The third-order valence-electron chi connectivity index (χ3n) is 8.24. The second-order valence-electron chi connectivity index (χ2n) is 11.8. The van der Waals surface area contributed by atoms with Crippen LogP contribution in [0.1, 0.15) is 17.3 Å². The summed E-state index contributed by atoms with van der Waals surface area (Å²) in [6, 6.07) is 36.1. The van der Waals surface area contributed by atoms with E-state index in [4.69, 9.17) is 13.9 Å². The average Bonchev–Trinajstić information content (AvgIpc) is 3.11. The van der Waals surface area contributed by atoms with Crippen molar-refractivity contribution in [1.29, 1.82) is 0 Å². The van der Waals surface area contributed by atoms with Crippen molar-refractivity contribution in [2.75, 3.05) is 34.4 Å². The molecule has 6 rings (SSSR count). The SMILES string of the molecule is C=C(C)C(=O)OCCOC(=O)c1ccccc1-c1c2cc(-c3ccccc3)c(=NC)cc-2oc2cc([NH+](C)C)c(-c3ccccc3)cc12. The van der Waals surface area contributed by atoms with Crippen LogP contribution in [0.5, 0.6) is 0 Å². The van der Waals surface area contributed by atoms with Crippen molar-refractivity contribution in [3.63, 3.8) is 0 Å². The number of carbonyl (C=O) groups excluding carboxylic acids is 2. The number of rotatable bonds is 9. The lowest BCUT2D eigenvalue weighted by atomic mass is 9.87. The number of carbonyl (C=O) groups is 2. The standard InChI is InChI=1S/C41H36N2O5/c1-26(2)40(44)46-20-21-47-41(45)30-19-13-12-18-29(30)39-33-22-31(27-14-8-6-9-15-27)35(42-3)24-37(33)48-38-25-36(43(4)5)32(23-34(38)39)28-16-10-7-11-17-28/h6-19,22-25H,1,20-21H2,2-5H3/p+1. The van der Waals surface area contributed by atoms with E-state index in [-0.39, 0.29) is 18.8 Å². The molecular weight excluding hydrogens is 600 g/mol. The molecule has 0 radical (unpaired) electrons. The molecule has 4 aromatic rings. The number of nitrogens with zero attached hydrogens (tertiary/aromatic N) is 1. The summed E-state index contributed by atoms with van der Waals surface area (Å²) in [4.78, 5) is 31.3. The Morgan fingerprint density at radius 2 is 1.38 bits per heavy atom. The Morgan fingerprint density at radius 1 is 0.750 bits per heavy atom. The first-order chi connectivity index (χ1) is 23.3. The highest BCUT2D eigenvalue weighted by Crippen LogP contribution is 2.44. The molecule has 0 aromatic heterocycles. The van der Waals surface area contributed by atoms with Gasteiger partial charge < -0.3 is 18.8 Å². The molecule has 0 saturated heterocycles. The number of esters is 2. The van der Waals surface area contributed by atoms with Gasteiger partial charge in [-0.15, -0.1) is 0 Å². The fraction of sp³-hybridized carbons (Fsp3) is 0.146. The van der Waals surface area contributed by atoms with Crippen LogP contribution in [0, 0.1) is 0 Å². The molecule has 7 nitrogen and oxygen atoms in total. The van der Waals surface area contributed by atoms with Crippen molar-refractivity contribution in [3.8, 4) is 44.7 Å². The minimum absolute atomic E-state index is 0.0739. The van der Waals surface area contributed by atoms with Gasteiger partial charge in [-0.25, -0.2) is 9.59 Å². The Balaban J connectivity index is 1.62. The zero-order chi connectivity index (χ0) is 33.8. The first kappa shape index (κ1) is 32.2. The van der Waals surface area contributed by atoms with Gasteiger partial charge in [0.25, 0.3) is 0 Å². The molecule has 0 saturated carbocycles. The molecule has 0 atom stereocenters. The van der Waals surface area contributed by atoms with E-state index in [0.29, 0.717) is 22.5 Å². The highest BCUT2D eigenvalue weighted by Gasteiger charge is 2.26. The monoisotopic (exact) mass is 637 g/mol. The Hall–Kier alpha value is -5.79. The summed E-state index contributed by atoms with van der Waals surface area (Å²) in [6.45, 7) is 4.99. The maximum atomic E-state index is 13.7. The van der Waals surface area contributed by atoms with Gasteiger partial charge in [0.1, 0.15) is 30.2 Å². The molecule has 7 heteroatoms. The minimum Gasteiger partial charge on any atom is -0.459 e. The number of ether oxygens (including phenoxy) is 2. The fourth-order valence-corrected chi connectivity index (χ4v) is 5.92. The van der Waals surface area contributed by atoms with E-state index >= 15 is 0 Å². The summed E-state index contributed by atoms with van der Waals surface area (Å²) in [5.74, 6) is -0.419. The lowest BCUT2D eigenvalue weighted by molar-refractivity contribution is -0.785. The first-order valence-corrected chi connectivity index (χ1v) is 15.8. The number of hydrogen-bond acceptors (Lipinski definition) is 6. The van der Waals surface area contributed by atoms with E-state index in [1.807, 2.05) is 60.7 Å². The van der Waals surface area contributed by atoms with Crippen molar-refractivity contribution in [2.45, 2.75) is 6.92 Å². The lowest BCUT2D eigenvalue weighted by Crippen LogP contribution is -3.00. The van der Waals surface area contributed by atoms with E-state index < -0.39 is 11.9 Å². The van der Waals surface area contributed by atoms with Crippen LogP contribution < -0.4 is 10.3 Å². The van der Waals surface area contributed by atoms with Crippen LogP contribution in [0.4, 0.5) is 5.69 Å². The summed E-state index contributed by atoms with van der Waals surface area (Å²) in [7, 11) is 5.96. The van der Waals surface area contributed by atoms with Gasteiger partial charge in [0.05, 0.1) is 25.0 Å². The van der Waals surface area contributed by atoms with Crippen LogP contribution in [0.25, 0.3) is 55.7 Å². The van der Waals surface area contributed by atoms with Gasteiger partial charge in [-0.05, 0) is 41.8 Å². The van der Waals surface area contributed by atoms with E-state index in [1.165, 1.54) is 0 Å². The Labute approximate surface area is 279 Å². The van der Waals surface area contributed by atoms with Crippen molar-refractivity contribution in [3.05, 3.63) is 132 Å². The molecule has 0 unspecified atom stereocenters. The van der Waals surface area contributed by atoms with Crippen LogP contribution in [0.15, 0.2) is 131 Å². The van der Waals surface area contributed by atoms with Gasteiger partial charge in [-0.2, -0.15) is 0 Å². The van der Waals surface area contributed by atoms with E-state index in [9.17, 15) is 9.59 Å². The highest BCUT2D eigenvalue weighted by atomic mass is 16.6. The highest BCUT2D eigenvalue weighted by molar-refractivity contribution is 6.09. The number of hydrogen-bond donors (Lipinski definition) is 1. The molecule has 1 heterocycles. The van der Waals surface area contributed by atoms with Gasteiger partial charge >= 0.3 is 11.9 Å². The van der Waals surface area contributed by atoms with Crippen LogP contribution in [-0.2, 0) is 14.3 Å². The van der Waals surface area contributed by atoms with Crippen molar-refractivity contribution < 1.29 is 28.4 Å². The molecule has 2 aliphatic rings. The molecule has 240 valence electrons. The van der Waals surface area contributed by atoms with Crippen LogP contribution in [0.2, 0.25) is 0 Å². The van der Waals surface area contributed by atoms with Gasteiger partial charge in [0.15, 0.2) is 0 Å². The largest absolute Gasteiger partial charge is 0.459 e. The smallest absolute Gasteiger partial charge is 0.338 e. The maximum absolute atomic E-state index is 13.7. The molecule has 1 aliphatic heterocycles. The summed E-state index contributed by atoms with van der Waals surface area (Å²) in [5, 5.41) is 1.64. The predicted octanol–water partition coefficient (Wildman–Crippen LogP) is 7.12. The van der Waals surface area contributed by atoms with Crippen LogP contribution >= 0.6 is 0 Å². The van der Waals surface area contributed by atoms with Gasteiger partial charge in [-0.1, -0.05) is 85.4 Å². The lowest BCUT2D eigenvalue weighted by Gasteiger charge is -2.21. The van der Waals surface area contributed by atoms with Crippen LogP contribution in [0.3, 0.4) is 0 Å². The molecule has 48 heavy (non-hydrogen) atoms. The summed E-state index contributed by atoms with van der Waals surface area (Å²) in [5.41, 5.74) is 8.85. The second kappa shape index (κ2) is 13.9. The normalized spacial score (nSPS) is 11.6. The summed E-state index contributed by atoms with van der Waals surface area (Å²) in [6.07, 6.45) is 0. The van der Waals surface area contributed by atoms with E-state index in [0.717, 1.165) is 54.7 Å². The Kier molecular flexibility index (Phi) is 9.32. The zero-order valence-electron chi connectivity index (χ0n) is 27.5. The molecule has 0 spiro atoms. The molecule has 4 aromatic carbocycles. The molecule has 1 N–H and O–H groups in total. The first-order valence-electron chi connectivity index (χ1n) is 15.8. The molecular formula is C41H37N2O5+. The maximum Gasteiger partial charge on any atom is 0.338 e. The Bertz CT molecular complexity index is 2180. The second-order valence-corrected chi connectivity index (χ2v) is 11.8. The molecule has 0 amide bonds.